The van der Waals surface area contributed by atoms with E-state index in [2.05, 4.69) is 44.5 Å². The molecule has 11 nitrogen and oxygen atoms in total. The first-order valence-electron chi connectivity index (χ1n) is 12.5. The van der Waals surface area contributed by atoms with Crippen LogP contribution in [0.3, 0.4) is 0 Å². The van der Waals surface area contributed by atoms with Crippen LogP contribution in [0, 0.1) is 0 Å². The smallest absolute Gasteiger partial charge is 0.246 e. The molecular formula is C25H37N9O2. The summed E-state index contributed by atoms with van der Waals surface area (Å²) >= 11 is 0. The first kappa shape index (κ1) is 25.9. The van der Waals surface area contributed by atoms with Gasteiger partial charge in [-0.2, -0.15) is 4.80 Å². The van der Waals surface area contributed by atoms with Gasteiger partial charge in [0.2, 0.25) is 5.91 Å². The van der Waals surface area contributed by atoms with Crippen LogP contribution in [0.15, 0.2) is 36.5 Å². The number of nitrogens with zero attached hydrogens (tertiary/aromatic N) is 9. The standard InChI is InChI=1S/C25H37N9O2/c1-18-12-31(23(36)17-34-28-24(27-30-34)25(3,4)5)13-19(2)33(18)15-21-14-32(29-26-21)16-22(35)11-20-9-7-6-8-10-20/h6-10,14,18-19,22,35H,11-13,15-17H2,1-5H3/t18-,19+,22-/m0/s1. The lowest BCUT2D eigenvalue weighted by Crippen LogP contribution is -2.58. The summed E-state index contributed by atoms with van der Waals surface area (Å²) in [5, 5.41) is 31.5. The van der Waals surface area contributed by atoms with Gasteiger partial charge in [-0.1, -0.05) is 56.3 Å². The highest BCUT2D eigenvalue weighted by Gasteiger charge is 2.33. The zero-order valence-corrected chi connectivity index (χ0v) is 21.8. The fourth-order valence-corrected chi connectivity index (χ4v) is 4.56. The molecule has 36 heavy (non-hydrogen) atoms. The van der Waals surface area contributed by atoms with Crippen molar-refractivity contribution in [3.05, 3.63) is 53.6 Å². The van der Waals surface area contributed by atoms with Gasteiger partial charge in [0.05, 0.1) is 18.3 Å². The van der Waals surface area contributed by atoms with Crippen molar-refractivity contribution in [2.75, 3.05) is 13.1 Å². The van der Waals surface area contributed by atoms with Gasteiger partial charge in [0.1, 0.15) is 6.54 Å². The molecule has 1 N–H and O–H groups in total. The normalized spacial score (nSPS) is 20.0. The largest absolute Gasteiger partial charge is 0.391 e. The topological polar surface area (TPSA) is 118 Å². The number of aliphatic hydroxyl groups excluding tert-OH is 1. The number of tetrazole rings is 1. The van der Waals surface area contributed by atoms with E-state index in [4.69, 9.17) is 0 Å². The molecule has 0 unspecified atom stereocenters. The molecule has 1 amide bonds. The average molecular weight is 496 g/mol. The van der Waals surface area contributed by atoms with Gasteiger partial charge in [-0.15, -0.1) is 15.3 Å². The predicted octanol–water partition coefficient (Wildman–Crippen LogP) is 1.29. The summed E-state index contributed by atoms with van der Waals surface area (Å²) in [7, 11) is 0. The molecule has 1 aliphatic rings. The minimum absolute atomic E-state index is 0.00967. The summed E-state index contributed by atoms with van der Waals surface area (Å²) < 4.78 is 1.70. The second kappa shape index (κ2) is 10.8. The van der Waals surface area contributed by atoms with Crippen LogP contribution in [0.2, 0.25) is 0 Å². The molecule has 0 aliphatic carbocycles. The van der Waals surface area contributed by atoms with Crippen molar-refractivity contribution in [2.45, 2.75) is 84.3 Å². The summed E-state index contributed by atoms with van der Waals surface area (Å²) in [5.41, 5.74) is 1.73. The van der Waals surface area contributed by atoms with Crippen molar-refractivity contribution >= 4 is 5.91 Å². The van der Waals surface area contributed by atoms with Crippen LogP contribution >= 0.6 is 0 Å². The average Bonchev–Trinajstić information content (AvgIpc) is 3.46. The Balaban J connectivity index is 1.29. The fourth-order valence-electron chi connectivity index (χ4n) is 4.56. The second-order valence-electron chi connectivity index (χ2n) is 10.8. The SMILES string of the molecule is C[C@@H]1CN(C(=O)Cn2nnc(C(C)(C)C)n2)C[C@H](C)N1Cc1cn(C[C@@H](O)Cc2ccccc2)nn1. The lowest BCUT2D eigenvalue weighted by atomic mass is 9.96. The highest BCUT2D eigenvalue weighted by molar-refractivity contribution is 5.76. The van der Waals surface area contributed by atoms with Gasteiger partial charge >= 0.3 is 0 Å². The molecule has 3 aromatic rings. The van der Waals surface area contributed by atoms with Crippen LogP contribution in [0.5, 0.6) is 0 Å². The van der Waals surface area contributed by atoms with E-state index < -0.39 is 6.10 Å². The van der Waals surface area contributed by atoms with Crippen LogP contribution in [0.4, 0.5) is 0 Å². The number of aliphatic hydroxyl groups is 1. The zero-order valence-electron chi connectivity index (χ0n) is 21.8. The van der Waals surface area contributed by atoms with Crippen LogP contribution in [-0.2, 0) is 36.3 Å². The van der Waals surface area contributed by atoms with Crippen molar-refractivity contribution in [1.82, 2.24) is 45.0 Å². The van der Waals surface area contributed by atoms with E-state index in [0.29, 0.717) is 38.4 Å². The summed E-state index contributed by atoms with van der Waals surface area (Å²) in [6.45, 7) is 12.6. The van der Waals surface area contributed by atoms with Crippen molar-refractivity contribution < 1.29 is 9.90 Å². The molecule has 11 heteroatoms. The highest BCUT2D eigenvalue weighted by Crippen LogP contribution is 2.19. The Kier molecular flexibility index (Phi) is 7.79. The molecule has 4 rings (SSSR count). The molecule has 0 saturated carbocycles. The number of aromatic nitrogens is 7. The van der Waals surface area contributed by atoms with Crippen LogP contribution in [0.25, 0.3) is 0 Å². The third-order valence-electron chi connectivity index (χ3n) is 6.50. The van der Waals surface area contributed by atoms with Gasteiger partial charge in [-0.25, -0.2) is 4.68 Å². The quantitative estimate of drug-likeness (QED) is 0.497. The molecule has 1 aliphatic heterocycles. The molecule has 3 heterocycles. The number of rotatable bonds is 8. The molecule has 1 fully saturated rings. The number of hydrogen-bond donors (Lipinski definition) is 1. The molecule has 1 saturated heterocycles. The Bertz CT molecular complexity index is 1130. The van der Waals surface area contributed by atoms with Crippen molar-refractivity contribution in [1.29, 1.82) is 0 Å². The van der Waals surface area contributed by atoms with Gasteiger partial charge < -0.3 is 10.0 Å². The van der Waals surface area contributed by atoms with E-state index in [-0.39, 0.29) is 30.0 Å². The Morgan fingerprint density at radius 1 is 1.08 bits per heavy atom. The van der Waals surface area contributed by atoms with Crippen molar-refractivity contribution in [3.63, 3.8) is 0 Å². The second-order valence-corrected chi connectivity index (χ2v) is 10.8. The third-order valence-corrected chi connectivity index (χ3v) is 6.50. The van der Waals surface area contributed by atoms with Gasteiger partial charge in [0.15, 0.2) is 5.82 Å². The van der Waals surface area contributed by atoms with E-state index >= 15 is 0 Å². The highest BCUT2D eigenvalue weighted by atomic mass is 16.3. The zero-order chi connectivity index (χ0) is 25.9. The minimum atomic E-state index is -0.534. The molecule has 1 aromatic carbocycles. The van der Waals surface area contributed by atoms with E-state index in [1.165, 1.54) is 4.80 Å². The molecule has 194 valence electrons. The Hall–Kier alpha value is -3.18. The van der Waals surface area contributed by atoms with Gasteiger partial charge in [0, 0.05) is 49.8 Å². The fraction of sp³-hybridized carbons (Fsp3) is 0.600. The number of hydrogen-bond acceptors (Lipinski definition) is 8. The molecule has 2 aromatic heterocycles. The van der Waals surface area contributed by atoms with E-state index in [0.717, 1.165) is 11.3 Å². The number of carbonyl (C=O) groups is 1. The van der Waals surface area contributed by atoms with Gasteiger partial charge in [-0.3, -0.25) is 9.69 Å². The first-order valence-corrected chi connectivity index (χ1v) is 12.5. The summed E-state index contributed by atoms with van der Waals surface area (Å²) in [6, 6.07) is 10.2. The van der Waals surface area contributed by atoms with E-state index in [9.17, 15) is 9.90 Å². The molecule has 3 atom stereocenters. The van der Waals surface area contributed by atoms with Crippen LogP contribution in [-0.4, -0.2) is 87.3 Å². The van der Waals surface area contributed by atoms with Gasteiger partial charge in [0.25, 0.3) is 0 Å². The Morgan fingerprint density at radius 3 is 2.42 bits per heavy atom. The lowest BCUT2D eigenvalue weighted by molar-refractivity contribution is -0.136. The molecule has 0 radical (unpaired) electrons. The summed E-state index contributed by atoms with van der Waals surface area (Å²) in [6.07, 6.45) is 1.93. The predicted molar refractivity (Wildman–Crippen MR) is 134 cm³/mol. The van der Waals surface area contributed by atoms with Crippen molar-refractivity contribution in [2.24, 2.45) is 0 Å². The maximum absolute atomic E-state index is 12.9. The summed E-state index contributed by atoms with van der Waals surface area (Å²) in [5.74, 6) is 0.618. The molecule has 0 spiro atoms. The lowest BCUT2D eigenvalue weighted by Gasteiger charge is -2.44. The Morgan fingerprint density at radius 2 is 1.78 bits per heavy atom. The van der Waals surface area contributed by atoms with Crippen LogP contribution in [0.1, 0.15) is 51.7 Å². The maximum Gasteiger partial charge on any atom is 0.246 e. The number of benzene rings is 1. The van der Waals surface area contributed by atoms with E-state index in [1.54, 1.807) is 4.68 Å². The van der Waals surface area contributed by atoms with Gasteiger partial charge in [-0.05, 0) is 24.6 Å². The monoisotopic (exact) mass is 495 g/mol. The number of amides is 1. The Labute approximate surface area is 212 Å². The number of piperazine rings is 1. The summed E-state index contributed by atoms with van der Waals surface area (Å²) in [4.78, 5) is 18.5. The van der Waals surface area contributed by atoms with E-state index in [1.807, 2.05) is 62.2 Å². The molecular weight excluding hydrogens is 458 g/mol. The maximum atomic E-state index is 12.9. The first-order chi connectivity index (χ1) is 17.1. The van der Waals surface area contributed by atoms with Crippen LogP contribution < -0.4 is 0 Å². The number of carbonyl (C=O) groups excluding carboxylic acids is 1. The minimum Gasteiger partial charge on any atom is -0.391 e. The third kappa shape index (κ3) is 6.52. The van der Waals surface area contributed by atoms with Crippen molar-refractivity contribution in [3.8, 4) is 0 Å². The molecule has 0 bridgehead atoms.